The Morgan fingerprint density at radius 3 is 2.26 bits per heavy atom. The molecule has 186 valence electrons. The van der Waals surface area contributed by atoms with Gasteiger partial charge >= 0.3 is 6.36 Å². The van der Waals surface area contributed by atoms with Crippen LogP contribution >= 0.6 is 0 Å². The average Bonchev–Trinajstić information content (AvgIpc) is 2.79. The van der Waals surface area contributed by atoms with E-state index in [1.807, 2.05) is 37.3 Å². The van der Waals surface area contributed by atoms with Gasteiger partial charge in [-0.3, -0.25) is 4.79 Å². The number of alkyl halides is 3. The second-order valence-electron chi connectivity index (χ2n) is 8.48. The van der Waals surface area contributed by atoms with Crippen LogP contribution < -0.4 is 10.1 Å². The molecule has 1 amide bonds. The lowest BCUT2D eigenvalue weighted by atomic mass is 9.68. The summed E-state index contributed by atoms with van der Waals surface area (Å²) in [6.45, 7) is 4.21. The minimum absolute atomic E-state index is 0.0770. The highest BCUT2D eigenvalue weighted by Gasteiger charge is 2.44. The Morgan fingerprint density at radius 1 is 1.09 bits per heavy atom. The molecule has 1 unspecified atom stereocenters. The zero-order valence-corrected chi connectivity index (χ0v) is 20.0. The maximum Gasteiger partial charge on any atom is 0.573 e. The number of rotatable bonds is 8. The normalized spacial score (nSPS) is 17.7. The minimum atomic E-state index is -4.93. The molecule has 6 nitrogen and oxygen atoms in total. The first kappa shape index (κ1) is 26.0. The summed E-state index contributed by atoms with van der Waals surface area (Å²) in [7, 11) is -3.36. The fraction of sp³-hybridized carbons (Fsp3) is 0.458. The van der Waals surface area contributed by atoms with Crippen molar-refractivity contribution < 1.29 is 31.1 Å². The van der Waals surface area contributed by atoms with Gasteiger partial charge in [0.15, 0.2) is 0 Å². The Hall–Kier alpha value is -2.59. The first-order valence-corrected chi connectivity index (χ1v) is 12.8. The van der Waals surface area contributed by atoms with Crippen molar-refractivity contribution in [2.45, 2.75) is 50.9 Å². The molecule has 0 saturated carbocycles. The molecule has 0 aromatic heterocycles. The van der Waals surface area contributed by atoms with Crippen LogP contribution in [0, 0.1) is 0 Å². The quantitative estimate of drug-likeness (QED) is 0.583. The van der Waals surface area contributed by atoms with E-state index in [-0.39, 0.29) is 11.3 Å². The number of nitrogens with one attached hydrogen (secondary N) is 1. The van der Waals surface area contributed by atoms with Gasteiger partial charge in [-0.05, 0) is 43.9 Å². The second kappa shape index (κ2) is 10.4. The molecule has 1 fully saturated rings. The highest BCUT2D eigenvalue weighted by atomic mass is 32.2. The second-order valence-corrected chi connectivity index (χ2v) is 10.6. The SMILES string of the molecule is CCCS(=O)(=O)N1CCC(c2ccccc2)(C(C)NC(=O)c2ccccc2OC(F)(F)F)CC1. The number of benzene rings is 2. The first-order chi connectivity index (χ1) is 16.0. The van der Waals surface area contributed by atoms with Gasteiger partial charge in [-0.15, -0.1) is 13.2 Å². The molecular formula is C24H29F3N2O4S. The van der Waals surface area contributed by atoms with Crippen LogP contribution in [0.2, 0.25) is 0 Å². The van der Waals surface area contributed by atoms with Crippen LogP contribution in [0.5, 0.6) is 5.75 Å². The van der Waals surface area contributed by atoms with Gasteiger partial charge in [-0.25, -0.2) is 12.7 Å². The molecule has 0 aliphatic carbocycles. The number of amides is 1. The summed E-state index contributed by atoms with van der Waals surface area (Å²) in [6, 6.07) is 14.2. The molecule has 0 spiro atoms. The summed E-state index contributed by atoms with van der Waals surface area (Å²) < 4.78 is 69.1. The number of hydrogen-bond acceptors (Lipinski definition) is 4. The van der Waals surface area contributed by atoms with Gasteiger partial charge in [0, 0.05) is 24.5 Å². The van der Waals surface area contributed by atoms with Crippen molar-refractivity contribution in [2.24, 2.45) is 0 Å². The van der Waals surface area contributed by atoms with Crippen molar-refractivity contribution in [3.63, 3.8) is 0 Å². The summed E-state index contributed by atoms with van der Waals surface area (Å²) in [5, 5.41) is 2.86. The van der Waals surface area contributed by atoms with Crippen LogP contribution in [-0.2, 0) is 15.4 Å². The summed E-state index contributed by atoms with van der Waals surface area (Å²) in [5.74, 6) is -1.19. The van der Waals surface area contributed by atoms with Gasteiger partial charge in [-0.2, -0.15) is 0 Å². The highest BCUT2D eigenvalue weighted by Crippen LogP contribution is 2.40. The fourth-order valence-electron chi connectivity index (χ4n) is 4.57. The van der Waals surface area contributed by atoms with Gasteiger partial charge in [0.2, 0.25) is 10.0 Å². The van der Waals surface area contributed by atoms with Gasteiger partial charge in [0.05, 0.1) is 11.3 Å². The van der Waals surface area contributed by atoms with E-state index in [9.17, 15) is 26.4 Å². The third-order valence-electron chi connectivity index (χ3n) is 6.35. The third-order valence-corrected chi connectivity index (χ3v) is 8.43. The molecule has 1 saturated heterocycles. The predicted octanol–water partition coefficient (Wildman–Crippen LogP) is 4.48. The van der Waals surface area contributed by atoms with E-state index < -0.39 is 39.5 Å². The van der Waals surface area contributed by atoms with Crippen LogP contribution in [0.3, 0.4) is 0 Å². The lowest BCUT2D eigenvalue weighted by molar-refractivity contribution is -0.274. The van der Waals surface area contributed by atoms with Crippen molar-refractivity contribution >= 4 is 15.9 Å². The van der Waals surface area contributed by atoms with E-state index in [4.69, 9.17) is 0 Å². The van der Waals surface area contributed by atoms with E-state index in [2.05, 4.69) is 10.1 Å². The van der Waals surface area contributed by atoms with E-state index in [1.54, 1.807) is 6.92 Å². The molecule has 3 rings (SSSR count). The number of carbonyl (C=O) groups is 1. The molecule has 0 radical (unpaired) electrons. The Labute approximate surface area is 198 Å². The van der Waals surface area contributed by atoms with Crippen LogP contribution in [0.15, 0.2) is 54.6 Å². The largest absolute Gasteiger partial charge is 0.573 e. The van der Waals surface area contributed by atoms with Crippen LogP contribution in [0.25, 0.3) is 0 Å². The lowest BCUT2D eigenvalue weighted by Gasteiger charge is -2.45. The Bertz CT molecular complexity index is 1080. The third kappa shape index (κ3) is 5.90. The van der Waals surface area contributed by atoms with Crippen molar-refractivity contribution in [3.05, 3.63) is 65.7 Å². The van der Waals surface area contributed by atoms with Gasteiger partial charge in [0.25, 0.3) is 5.91 Å². The molecule has 2 aromatic rings. The molecule has 1 atom stereocenters. The number of carbonyl (C=O) groups excluding carboxylic acids is 1. The minimum Gasteiger partial charge on any atom is -0.405 e. The van der Waals surface area contributed by atoms with Crippen molar-refractivity contribution in [3.8, 4) is 5.75 Å². The molecule has 10 heteroatoms. The average molecular weight is 499 g/mol. The molecule has 34 heavy (non-hydrogen) atoms. The van der Waals surface area contributed by atoms with Gasteiger partial charge in [-0.1, -0.05) is 49.4 Å². The van der Waals surface area contributed by atoms with Crippen molar-refractivity contribution in [1.82, 2.24) is 9.62 Å². The number of para-hydroxylation sites is 1. The van der Waals surface area contributed by atoms with E-state index >= 15 is 0 Å². The van der Waals surface area contributed by atoms with Crippen LogP contribution in [-0.4, -0.2) is 49.9 Å². The zero-order chi connectivity index (χ0) is 25.0. The van der Waals surface area contributed by atoms with Crippen LogP contribution in [0.4, 0.5) is 13.2 Å². The number of ether oxygens (including phenoxy) is 1. The van der Waals surface area contributed by atoms with E-state index in [0.29, 0.717) is 32.4 Å². The number of halogens is 3. The Kier molecular flexibility index (Phi) is 7.92. The molecule has 1 heterocycles. The smallest absolute Gasteiger partial charge is 0.405 e. The summed E-state index contributed by atoms with van der Waals surface area (Å²) in [6.07, 6.45) is -3.48. The molecule has 1 aliphatic rings. The standard InChI is InChI=1S/C24H29F3N2O4S/c1-3-17-34(31,32)29-15-13-23(14-16-29,19-9-5-4-6-10-19)18(2)28-22(30)20-11-7-8-12-21(20)33-24(25,26)27/h4-12,18H,3,13-17H2,1-2H3,(H,28,30). The Balaban J connectivity index is 1.86. The fourth-order valence-corrected chi connectivity index (χ4v) is 6.09. The molecule has 2 aromatic carbocycles. The topological polar surface area (TPSA) is 75.7 Å². The predicted molar refractivity (Wildman–Crippen MR) is 123 cm³/mol. The summed E-state index contributed by atoms with van der Waals surface area (Å²) in [4.78, 5) is 13.0. The maximum atomic E-state index is 13.0. The van der Waals surface area contributed by atoms with Crippen LogP contribution in [0.1, 0.15) is 49.0 Å². The maximum absolute atomic E-state index is 13.0. The number of nitrogens with zero attached hydrogens (tertiary/aromatic N) is 1. The molecule has 0 bridgehead atoms. The van der Waals surface area contributed by atoms with Crippen molar-refractivity contribution in [1.29, 1.82) is 0 Å². The van der Waals surface area contributed by atoms with Crippen molar-refractivity contribution in [2.75, 3.05) is 18.8 Å². The number of piperidine rings is 1. The highest BCUT2D eigenvalue weighted by molar-refractivity contribution is 7.89. The zero-order valence-electron chi connectivity index (χ0n) is 19.1. The Morgan fingerprint density at radius 2 is 1.68 bits per heavy atom. The lowest BCUT2D eigenvalue weighted by Crippen LogP contribution is -2.55. The first-order valence-electron chi connectivity index (χ1n) is 11.2. The molecule has 1 aliphatic heterocycles. The van der Waals surface area contributed by atoms with E-state index in [1.165, 1.54) is 22.5 Å². The van der Waals surface area contributed by atoms with Gasteiger partial charge < -0.3 is 10.1 Å². The number of hydrogen-bond donors (Lipinski definition) is 1. The number of sulfonamides is 1. The summed E-state index contributed by atoms with van der Waals surface area (Å²) >= 11 is 0. The van der Waals surface area contributed by atoms with E-state index in [0.717, 1.165) is 11.6 Å². The monoisotopic (exact) mass is 498 g/mol. The summed E-state index contributed by atoms with van der Waals surface area (Å²) in [5.41, 5.74) is 0.127. The van der Waals surface area contributed by atoms with Gasteiger partial charge in [0.1, 0.15) is 5.75 Å². The molecule has 1 N–H and O–H groups in total. The molecular weight excluding hydrogens is 469 g/mol.